The van der Waals surface area contributed by atoms with E-state index < -0.39 is 5.97 Å². The van der Waals surface area contributed by atoms with Crippen molar-refractivity contribution in [2.24, 2.45) is 0 Å². The molecule has 0 radical (unpaired) electrons. The number of thioether (sulfide) groups is 1. The molecule has 0 saturated carbocycles. The van der Waals surface area contributed by atoms with Crippen LogP contribution in [0.1, 0.15) is 19.5 Å². The lowest BCUT2D eigenvalue weighted by molar-refractivity contribution is -0.133. The fraction of sp³-hybridized carbons (Fsp3) is 0.636. The molecule has 0 aromatic carbocycles. The lowest BCUT2D eigenvalue weighted by Gasteiger charge is -2.13. The molecule has 1 atom stereocenters. The van der Waals surface area contributed by atoms with Gasteiger partial charge in [-0.25, -0.2) is 4.98 Å². The molecule has 1 unspecified atom stereocenters. The highest BCUT2D eigenvalue weighted by atomic mass is 32.2. The average molecular weight is 258 g/mol. The van der Waals surface area contributed by atoms with E-state index in [1.54, 1.807) is 0 Å². The number of carboxylic acids is 1. The quantitative estimate of drug-likeness (QED) is 0.755. The van der Waals surface area contributed by atoms with Gasteiger partial charge in [0.25, 0.3) is 0 Å². The number of carbonyl (C=O) groups is 1. The Kier molecular flexibility index (Phi) is 5.50. The largest absolute Gasteiger partial charge is 0.481 e. The van der Waals surface area contributed by atoms with Crippen molar-refractivity contribution in [2.45, 2.75) is 38.6 Å². The Morgan fingerprint density at radius 3 is 3.00 bits per heavy atom. The normalized spacial score (nSPS) is 12.6. The lowest BCUT2D eigenvalue weighted by Crippen LogP contribution is -2.16. The van der Waals surface area contributed by atoms with E-state index in [0.29, 0.717) is 13.2 Å². The fourth-order valence-electron chi connectivity index (χ4n) is 1.51. The van der Waals surface area contributed by atoms with Gasteiger partial charge in [0.1, 0.15) is 0 Å². The van der Waals surface area contributed by atoms with Gasteiger partial charge in [0, 0.05) is 12.8 Å². The third-order valence-corrected chi connectivity index (χ3v) is 3.07. The highest BCUT2D eigenvalue weighted by Gasteiger charge is 2.11. The minimum atomic E-state index is -0.833. The molecule has 17 heavy (non-hydrogen) atoms. The van der Waals surface area contributed by atoms with Crippen molar-refractivity contribution < 1.29 is 14.6 Å². The van der Waals surface area contributed by atoms with Crippen LogP contribution in [0, 0.1) is 6.92 Å². The molecule has 0 saturated heterocycles. The van der Waals surface area contributed by atoms with Crippen molar-refractivity contribution in [3.8, 4) is 0 Å². The van der Waals surface area contributed by atoms with Crippen LogP contribution in [0.4, 0.5) is 0 Å². The molecule has 0 fully saturated rings. The predicted molar refractivity (Wildman–Crippen MR) is 66.4 cm³/mol. The zero-order valence-electron chi connectivity index (χ0n) is 10.3. The van der Waals surface area contributed by atoms with Crippen LogP contribution in [0.15, 0.2) is 11.4 Å². The number of ether oxygens (including phenoxy) is 1. The van der Waals surface area contributed by atoms with Gasteiger partial charge in [-0.1, -0.05) is 11.8 Å². The molecule has 96 valence electrons. The summed E-state index contributed by atoms with van der Waals surface area (Å²) in [6, 6.07) is 0. The Morgan fingerprint density at radius 2 is 2.41 bits per heavy atom. The molecule has 0 aliphatic rings. The van der Waals surface area contributed by atoms with E-state index in [1.165, 1.54) is 11.8 Å². The first kappa shape index (κ1) is 14.1. The van der Waals surface area contributed by atoms with Gasteiger partial charge >= 0.3 is 5.97 Å². The first-order chi connectivity index (χ1) is 8.02. The van der Waals surface area contributed by atoms with Crippen LogP contribution in [0.25, 0.3) is 0 Å². The van der Waals surface area contributed by atoms with Crippen LogP contribution < -0.4 is 0 Å². The van der Waals surface area contributed by atoms with Gasteiger partial charge in [-0.05, 0) is 20.8 Å². The molecule has 6 heteroatoms. The van der Waals surface area contributed by atoms with Gasteiger partial charge in [-0.3, -0.25) is 4.79 Å². The van der Waals surface area contributed by atoms with Gasteiger partial charge in [0.2, 0.25) is 0 Å². The summed E-state index contributed by atoms with van der Waals surface area (Å²) in [6.07, 6.45) is 2.01. The number of rotatable bonds is 7. The van der Waals surface area contributed by atoms with E-state index in [-0.39, 0.29) is 11.9 Å². The van der Waals surface area contributed by atoms with Crippen LogP contribution in [-0.2, 0) is 16.1 Å². The first-order valence-corrected chi connectivity index (χ1v) is 6.51. The van der Waals surface area contributed by atoms with E-state index in [2.05, 4.69) is 4.98 Å². The summed E-state index contributed by atoms with van der Waals surface area (Å²) in [5.74, 6) is -0.806. The zero-order valence-corrected chi connectivity index (χ0v) is 11.2. The van der Waals surface area contributed by atoms with E-state index in [4.69, 9.17) is 9.84 Å². The second-order valence-electron chi connectivity index (χ2n) is 3.77. The molecule has 0 bridgehead atoms. The number of aliphatic carboxylic acids is 1. The van der Waals surface area contributed by atoms with Crippen LogP contribution in [-0.4, -0.2) is 39.1 Å². The summed E-state index contributed by atoms with van der Waals surface area (Å²) < 4.78 is 7.41. The van der Waals surface area contributed by atoms with Gasteiger partial charge in [0.15, 0.2) is 5.16 Å². The Labute approximate surface area is 105 Å². The Hall–Kier alpha value is -1.01. The van der Waals surface area contributed by atoms with E-state index >= 15 is 0 Å². The maximum Gasteiger partial charge on any atom is 0.313 e. The number of aromatic nitrogens is 2. The van der Waals surface area contributed by atoms with Crippen molar-refractivity contribution >= 4 is 17.7 Å². The van der Waals surface area contributed by atoms with Crippen molar-refractivity contribution in [1.29, 1.82) is 0 Å². The third kappa shape index (κ3) is 4.79. The molecule has 0 aliphatic heterocycles. The average Bonchev–Trinajstić information content (AvgIpc) is 2.56. The topological polar surface area (TPSA) is 64.4 Å². The Morgan fingerprint density at radius 1 is 1.71 bits per heavy atom. The molecule has 1 aromatic heterocycles. The van der Waals surface area contributed by atoms with Crippen LogP contribution in [0.5, 0.6) is 0 Å². The molecular formula is C11H18N2O3S. The number of imidazole rings is 1. The number of nitrogens with zero attached hydrogens (tertiary/aromatic N) is 2. The van der Waals surface area contributed by atoms with Crippen LogP contribution >= 0.6 is 11.8 Å². The van der Waals surface area contributed by atoms with Gasteiger partial charge in [0.05, 0.1) is 24.1 Å². The van der Waals surface area contributed by atoms with Crippen LogP contribution in [0.3, 0.4) is 0 Å². The molecule has 1 N–H and O–H groups in total. The summed E-state index contributed by atoms with van der Waals surface area (Å²) in [5, 5.41) is 9.39. The highest BCUT2D eigenvalue weighted by molar-refractivity contribution is 7.99. The van der Waals surface area contributed by atoms with Crippen molar-refractivity contribution in [3.05, 3.63) is 11.9 Å². The van der Waals surface area contributed by atoms with Crippen molar-refractivity contribution in [2.75, 3.05) is 12.4 Å². The SMILES string of the molecule is CCOC(C)Cn1cc(C)nc1SCC(=O)O. The van der Waals surface area contributed by atoms with Gasteiger partial charge in [-0.2, -0.15) is 0 Å². The molecule has 0 amide bonds. The summed E-state index contributed by atoms with van der Waals surface area (Å²) >= 11 is 1.23. The maximum absolute atomic E-state index is 10.5. The fourth-order valence-corrected chi connectivity index (χ4v) is 2.27. The molecule has 1 heterocycles. The molecule has 5 nitrogen and oxygen atoms in total. The Bertz CT molecular complexity index is 379. The zero-order chi connectivity index (χ0) is 12.8. The Balaban J connectivity index is 2.66. The number of hydrogen-bond donors (Lipinski definition) is 1. The molecule has 0 aliphatic carbocycles. The third-order valence-electron chi connectivity index (χ3n) is 2.09. The van der Waals surface area contributed by atoms with Crippen molar-refractivity contribution in [1.82, 2.24) is 9.55 Å². The maximum atomic E-state index is 10.5. The second kappa shape index (κ2) is 6.66. The summed E-state index contributed by atoms with van der Waals surface area (Å²) in [7, 11) is 0. The predicted octanol–water partition coefficient (Wildman–Crippen LogP) is 1.79. The number of aryl methyl sites for hydroxylation is 1. The molecule has 0 spiro atoms. The summed E-state index contributed by atoms with van der Waals surface area (Å²) in [4.78, 5) is 14.8. The lowest BCUT2D eigenvalue weighted by atomic mass is 10.4. The number of hydrogen-bond acceptors (Lipinski definition) is 4. The standard InChI is InChI=1S/C11H18N2O3S/c1-4-16-9(3)6-13-5-8(2)12-11(13)17-7-10(14)15/h5,9H,4,6-7H2,1-3H3,(H,14,15). The van der Waals surface area contributed by atoms with E-state index in [0.717, 1.165) is 10.9 Å². The summed E-state index contributed by atoms with van der Waals surface area (Å²) in [6.45, 7) is 7.20. The molecular weight excluding hydrogens is 240 g/mol. The van der Waals surface area contributed by atoms with E-state index in [1.807, 2.05) is 31.5 Å². The first-order valence-electron chi connectivity index (χ1n) is 5.53. The molecule has 1 aromatic rings. The minimum absolute atomic E-state index is 0.0273. The van der Waals surface area contributed by atoms with Gasteiger partial charge in [-0.15, -0.1) is 0 Å². The van der Waals surface area contributed by atoms with Gasteiger partial charge < -0.3 is 14.4 Å². The molecule has 1 rings (SSSR count). The van der Waals surface area contributed by atoms with Crippen LogP contribution in [0.2, 0.25) is 0 Å². The minimum Gasteiger partial charge on any atom is -0.481 e. The number of carboxylic acid groups (broad SMARTS) is 1. The summed E-state index contributed by atoms with van der Waals surface area (Å²) in [5.41, 5.74) is 0.890. The smallest absolute Gasteiger partial charge is 0.313 e. The van der Waals surface area contributed by atoms with Crippen molar-refractivity contribution in [3.63, 3.8) is 0 Å². The highest BCUT2D eigenvalue weighted by Crippen LogP contribution is 2.18. The monoisotopic (exact) mass is 258 g/mol. The van der Waals surface area contributed by atoms with E-state index in [9.17, 15) is 4.79 Å². The second-order valence-corrected chi connectivity index (χ2v) is 4.71.